The topological polar surface area (TPSA) is 26.3 Å². The van der Waals surface area contributed by atoms with E-state index in [1.165, 1.54) is 0 Å². The first-order valence-corrected chi connectivity index (χ1v) is 5.87. The standard InChI is InChI=1S/C12H14Cl2O2/c1-7-6-10(16-3)11(8(2)12(7)14)9(15)4-5-13/h6H,4-5H2,1-3H3. The Hall–Kier alpha value is -0.730. The minimum absolute atomic E-state index is 0.0359. The van der Waals surface area contributed by atoms with Gasteiger partial charge in [0.1, 0.15) is 5.75 Å². The maximum absolute atomic E-state index is 11.9. The van der Waals surface area contributed by atoms with Gasteiger partial charge in [-0.2, -0.15) is 0 Å². The molecule has 0 radical (unpaired) electrons. The maximum Gasteiger partial charge on any atom is 0.168 e. The first-order valence-electron chi connectivity index (χ1n) is 4.95. The molecule has 1 rings (SSSR count). The van der Waals surface area contributed by atoms with Crippen LogP contribution in [0.4, 0.5) is 0 Å². The number of alkyl halides is 1. The lowest BCUT2D eigenvalue weighted by molar-refractivity contribution is 0.0985. The number of Topliss-reactive ketones (excluding diaryl/α,β-unsaturated/α-hetero) is 1. The fraction of sp³-hybridized carbons (Fsp3) is 0.417. The van der Waals surface area contributed by atoms with Crippen LogP contribution >= 0.6 is 23.2 Å². The van der Waals surface area contributed by atoms with Gasteiger partial charge >= 0.3 is 0 Å². The van der Waals surface area contributed by atoms with E-state index in [0.717, 1.165) is 11.1 Å². The van der Waals surface area contributed by atoms with Crippen LogP contribution in [0.2, 0.25) is 5.02 Å². The van der Waals surface area contributed by atoms with Gasteiger partial charge in [-0.1, -0.05) is 11.6 Å². The Balaban J connectivity index is 3.35. The molecule has 2 nitrogen and oxygen atoms in total. The molecule has 0 spiro atoms. The van der Waals surface area contributed by atoms with E-state index in [-0.39, 0.29) is 12.2 Å². The number of rotatable bonds is 4. The monoisotopic (exact) mass is 260 g/mol. The van der Waals surface area contributed by atoms with E-state index in [9.17, 15) is 4.79 Å². The van der Waals surface area contributed by atoms with Crippen molar-refractivity contribution in [3.05, 3.63) is 27.8 Å². The number of ether oxygens (including phenoxy) is 1. The zero-order valence-electron chi connectivity index (χ0n) is 9.56. The lowest BCUT2D eigenvalue weighted by Crippen LogP contribution is -2.06. The van der Waals surface area contributed by atoms with Crippen LogP contribution in [0.1, 0.15) is 27.9 Å². The molecule has 0 aliphatic heterocycles. The number of carbonyl (C=O) groups excluding carboxylic acids is 1. The van der Waals surface area contributed by atoms with E-state index in [1.54, 1.807) is 13.2 Å². The smallest absolute Gasteiger partial charge is 0.168 e. The lowest BCUT2D eigenvalue weighted by atomic mass is 9.99. The van der Waals surface area contributed by atoms with Crippen molar-refractivity contribution in [2.45, 2.75) is 20.3 Å². The second kappa shape index (κ2) is 5.55. The maximum atomic E-state index is 11.9. The summed E-state index contributed by atoms with van der Waals surface area (Å²) in [7, 11) is 1.54. The van der Waals surface area contributed by atoms with E-state index < -0.39 is 0 Å². The summed E-state index contributed by atoms with van der Waals surface area (Å²) in [5.41, 5.74) is 2.20. The van der Waals surface area contributed by atoms with Crippen molar-refractivity contribution in [2.24, 2.45) is 0 Å². The summed E-state index contributed by atoms with van der Waals surface area (Å²) in [4.78, 5) is 11.9. The van der Waals surface area contributed by atoms with Gasteiger partial charge in [0, 0.05) is 17.3 Å². The van der Waals surface area contributed by atoms with Gasteiger partial charge < -0.3 is 4.74 Å². The third kappa shape index (κ3) is 2.50. The molecule has 0 bridgehead atoms. The summed E-state index contributed by atoms with van der Waals surface area (Å²) in [6, 6.07) is 1.77. The predicted octanol–water partition coefficient (Wildman–Crippen LogP) is 3.78. The number of methoxy groups -OCH3 is 1. The molecule has 0 heterocycles. The third-order valence-electron chi connectivity index (χ3n) is 2.46. The lowest BCUT2D eigenvalue weighted by Gasteiger charge is -2.13. The average molecular weight is 261 g/mol. The van der Waals surface area contributed by atoms with Crippen molar-refractivity contribution in [3.63, 3.8) is 0 Å². The van der Waals surface area contributed by atoms with Gasteiger partial charge in [0.2, 0.25) is 0 Å². The van der Waals surface area contributed by atoms with E-state index in [4.69, 9.17) is 27.9 Å². The molecule has 88 valence electrons. The first kappa shape index (κ1) is 13.3. The summed E-state index contributed by atoms with van der Waals surface area (Å²) in [5, 5.41) is 0.610. The van der Waals surface area contributed by atoms with E-state index >= 15 is 0 Å². The Morgan fingerprint density at radius 2 is 2.06 bits per heavy atom. The van der Waals surface area contributed by atoms with E-state index in [0.29, 0.717) is 22.2 Å². The quantitative estimate of drug-likeness (QED) is 0.609. The fourth-order valence-corrected chi connectivity index (χ4v) is 1.96. The van der Waals surface area contributed by atoms with Crippen LogP contribution in [0.15, 0.2) is 6.07 Å². The van der Waals surface area contributed by atoms with Crippen LogP contribution in [0.25, 0.3) is 0 Å². The van der Waals surface area contributed by atoms with Crippen molar-refractivity contribution in [2.75, 3.05) is 13.0 Å². The molecule has 0 unspecified atom stereocenters. The minimum Gasteiger partial charge on any atom is -0.496 e. The first-order chi connectivity index (χ1) is 7.52. The Morgan fingerprint density at radius 1 is 1.44 bits per heavy atom. The third-order valence-corrected chi connectivity index (χ3v) is 3.24. The van der Waals surface area contributed by atoms with Crippen molar-refractivity contribution in [1.29, 1.82) is 0 Å². The zero-order valence-corrected chi connectivity index (χ0v) is 11.1. The molecule has 1 aromatic carbocycles. The molecule has 0 N–H and O–H groups in total. The van der Waals surface area contributed by atoms with Gasteiger partial charge in [-0.05, 0) is 31.0 Å². The van der Waals surface area contributed by atoms with Crippen molar-refractivity contribution >= 4 is 29.0 Å². The number of carbonyl (C=O) groups is 1. The highest BCUT2D eigenvalue weighted by Gasteiger charge is 2.18. The highest BCUT2D eigenvalue weighted by Crippen LogP contribution is 2.32. The molecule has 0 aliphatic carbocycles. The van der Waals surface area contributed by atoms with Crippen LogP contribution in [0.5, 0.6) is 5.75 Å². The summed E-state index contributed by atoms with van der Waals surface area (Å²) in [6.45, 7) is 3.70. The van der Waals surface area contributed by atoms with Gasteiger partial charge in [-0.15, -0.1) is 11.6 Å². The number of halogens is 2. The van der Waals surface area contributed by atoms with Crippen LogP contribution in [-0.2, 0) is 0 Å². The average Bonchev–Trinajstić information content (AvgIpc) is 2.25. The number of hydrogen-bond acceptors (Lipinski definition) is 2. The molecule has 1 aromatic rings. The molecule has 0 fully saturated rings. The molecule has 0 aliphatic rings. The molecule has 0 amide bonds. The number of aryl methyl sites for hydroxylation is 1. The van der Waals surface area contributed by atoms with E-state index in [1.807, 2.05) is 13.8 Å². The molecule has 0 atom stereocenters. The molecular formula is C12H14Cl2O2. The normalized spacial score (nSPS) is 10.3. The van der Waals surface area contributed by atoms with Gasteiger partial charge in [0.05, 0.1) is 12.7 Å². The molecule has 4 heteroatoms. The summed E-state index contributed by atoms with van der Waals surface area (Å²) in [5.74, 6) is 0.827. The Labute approximate surface area is 106 Å². The largest absolute Gasteiger partial charge is 0.496 e. The van der Waals surface area contributed by atoms with Gasteiger partial charge in [-0.25, -0.2) is 0 Å². The molecule has 0 saturated carbocycles. The van der Waals surface area contributed by atoms with Crippen molar-refractivity contribution in [1.82, 2.24) is 0 Å². The Kier molecular flexibility index (Phi) is 4.63. The van der Waals surface area contributed by atoms with Crippen LogP contribution in [0.3, 0.4) is 0 Å². The fourth-order valence-electron chi connectivity index (χ4n) is 1.64. The van der Waals surface area contributed by atoms with Crippen molar-refractivity contribution in [3.8, 4) is 5.75 Å². The number of hydrogen-bond donors (Lipinski definition) is 0. The second-order valence-corrected chi connectivity index (χ2v) is 4.33. The SMILES string of the molecule is COc1cc(C)c(Cl)c(C)c1C(=O)CCCl. The van der Waals surface area contributed by atoms with Gasteiger partial charge in [-0.3, -0.25) is 4.79 Å². The van der Waals surface area contributed by atoms with E-state index in [2.05, 4.69) is 0 Å². The van der Waals surface area contributed by atoms with Crippen LogP contribution in [0, 0.1) is 13.8 Å². The summed E-state index contributed by atoms with van der Waals surface area (Å²) >= 11 is 11.7. The predicted molar refractivity (Wildman–Crippen MR) is 67.1 cm³/mol. The second-order valence-electron chi connectivity index (χ2n) is 3.57. The van der Waals surface area contributed by atoms with Crippen LogP contribution < -0.4 is 4.74 Å². The highest BCUT2D eigenvalue weighted by atomic mass is 35.5. The summed E-state index contributed by atoms with van der Waals surface area (Å²) < 4.78 is 5.21. The zero-order chi connectivity index (χ0) is 12.3. The van der Waals surface area contributed by atoms with Gasteiger partial charge in [0.25, 0.3) is 0 Å². The highest BCUT2D eigenvalue weighted by molar-refractivity contribution is 6.32. The molecule has 16 heavy (non-hydrogen) atoms. The minimum atomic E-state index is -0.0359. The molecule has 0 saturated heterocycles. The van der Waals surface area contributed by atoms with Crippen molar-refractivity contribution < 1.29 is 9.53 Å². The van der Waals surface area contributed by atoms with Crippen LogP contribution in [-0.4, -0.2) is 18.8 Å². The van der Waals surface area contributed by atoms with Gasteiger partial charge in [0.15, 0.2) is 5.78 Å². The summed E-state index contributed by atoms with van der Waals surface area (Å²) in [6.07, 6.45) is 0.290. The molecule has 0 aromatic heterocycles. The number of ketones is 1. The Bertz CT molecular complexity index is 414. The molecular weight excluding hydrogens is 247 g/mol. The Morgan fingerprint density at radius 3 is 2.56 bits per heavy atom. The number of benzene rings is 1.